The molecule has 0 fully saturated rings. The Bertz CT molecular complexity index is 623. The molecule has 0 aliphatic heterocycles. The molecule has 0 radical (unpaired) electrons. The Morgan fingerprint density at radius 3 is 2.65 bits per heavy atom. The lowest BCUT2D eigenvalue weighted by Gasteiger charge is -2.25. The maximum absolute atomic E-state index is 12.2. The fourth-order valence-corrected chi connectivity index (χ4v) is 2.13. The van der Waals surface area contributed by atoms with Gasteiger partial charge in [-0.15, -0.1) is 0 Å². The number of benzene rings is 1. The van der Waals surface area contributed by atoms with Crippen molar-refractivity contribution in [2.24, 2.45) is 0 Å². The molecule has 0 spiro atoms. The Labute approximate surface area is 140 Å². The molecule has 1 amide bonds. The highest BCUT2D eigenvalue weighted by Crippen LogP contribution is 2.21. The first kappa shape index (κ1) is 17.4. The number of rotatable bonds is 7. The second-order valence-electron chi connectivity index (χ2n) is 5.64. The van der Waals surface area contributed by atoms with Gasteiger partial charge in [0.25, 0.3) is 5.91 Å². The van der Waals surface area contributed by atoms with Gasteiger partial charge in [0.05, 0.1) is 6.26 Å². The number of furan rings is 1. The van der Waals surface area contributed by atoms with Crippen LogP contribution in [0.1, 0.15) is 32.1 Å². The van der Waals surface area contributed by atoms with Crippen LogP contribution in [0.2, 0.25) is 5.02 Å². The third-order valence-electron chi connectivity index (χ3n) is 3.31. The first-order valence-corrected chi connectivity index (χ1v) is 7.70. The molecule has 2 N–H and O–H groups in total. The molecule has 0 aliphatic carbocycles. The van der Waals surface area contributed by atoms with Gasteiger partial charge in [-0.25, -0.2) is 0 Å². The molecule has 124 valence electrons. The van der Waals surface area contributed by atoms with E-state index in [1.807, 2.05) is 0 Å². The molecule has 6 heteroatoms. The summed E-state index contributed by atoms with van der Waals surface area (Å²) in [6.07, 6.45) is 1.11. The summed E-state index contributed by atoms with van der Waals surface area (Å²) >= 11 is 5.82. The molecular formula is C17H20ClNO4. The van der Waals surface area contributed by atoms with E-state index in [-0.39, 0.29) is 5.91 Å². The quantitative estimate of drug-likeness (QED) is 0.813. The lowest BCUT2D eigenvalue weighted by molar-refractivity contribution is -0.134. The maximum atomic E-state index is 12.2. The number of aliphatic hydroxyl groups is 1. The number of hydrogen-bond donors (Lipinski definition) is 2. The lowest BCUT2D eigenvalue weighted by atomic mass is 10.1. The smallest absolute Gasteiger partial charge is 0.263 e. The standard InChI is InChI=1S/C17H20ClNO4/c1-17(2,23-13-7-5-12(18)6-8-13)16(21)19-10-9-14(20)15-4-3-11-22-15/h3-8,11,14,20H,9-10H2,1-2H3,(H,19,21)/t14-/m0/s1. The first-order chi connectivity index (χ1) is 10.9. The van der Waals surface area contributed by atoms with E-state index in [0.717, 1.165) is 0 Å². The largest absolute Gasteiger partial charge is 0.478 e. The van der Waals surface area contributed by atoms with Crippen molar-refractivity contribution in [3.05, 3.63) is 53.4 Å². The Kier molecular flexibility index (Phi) is 5.69. The summed E-state index contributed by atoms with van der Waals surface area (Å²) in [5, 5.41) is 13.3. The second-order valence-corrected chi connectivity index (χ2v) is 6.08. The van der Waals surface area contributed by atoms with Gasteiger partial charge in [0.15, 0.2) is 5.60 Å². The van der Waals surface area contributed by atoms with E-state index in [9.17, 15) is 9.90 Å². The van der Waals surface area contributed by atoms with Crippen LogP contribution in [-0.4, -0.2) is 23.2 Å². The second kappa shape index (κ2) is 7.53. The number of aliphatic hydroxyl groups excluding tert-OH is 1. The highest BCUT2D eigenvalue weighted by Gasteiger charge is 2.29. The molecule has 0 saturated heterocycles. The normalized spacial score (nSPS) is 12.7. The SMILES string of the molecule is CC(C)(Oc1ccc(Cl)cc1)C(=O)NCC[C@H](O)c1ccco1. The molecule has 0 bridgehead atoms. The summed E-state index contributed by atoms with van der Waals surface area (Å²) in [7, 11) is 0. The number of ether oxygens (including phenoxy) is 1. The fourth-order valence-electron chi connectivity index (χ4n) is 2.00. The molecule has 1 heterocycles. The average Bonchev–Trinajstić information content (AvgIpc) is 3.03. The van der Waals surface area contributed by atoms with Crippen LogP contribution >= 0.6 is 11.6 Å². The highest BCUT2D eigenvalue weighted by atomic mass is 35.5. The predicted octanol–water partition coefficient (Wildman–Crippen LogP) is 3.33. The van der Waals surface area contributed by atoms with E-state index in [1.54, 1.807) is 50.2 Å². The minimum Gasteiger partial charge on any atom is -0.478 e. The van der Waals surface area contributed by atoms with Crippen molar-refractivity contribution in [2.45, 2.75) is 32.0 Å². The van der Waals surface area contributed by atoms with Crippen LogP contribution in [0.3, 0.4) is 0 Å². The minimum atomic E-state index is -1.04. The van der Waals surface area contributed by atoms with Crippen molar-refractivity contribution in [2.75, 3.05) is 6.54 Å². The Hall–Kier alpha value is -1.98. The van der Waals surface area contributed by atoms with Crippen LogP contribution in [0.25, 0.3) is 0 Å². The molecule has 1 atom stereocenters. The zero-order valence-corrected chi connectivity index (χ0v) is 13.8. The summed E-state index contributed by atoms with van der Waals surface area (Å²) in [4.78, 5) is 12.2. The molecule has 1 aromatic carbocycles. The highest BCUT2D eigenvalue weighted by molar-refractivity contribution is 6.30. The van der Waals surface area contributed by atoms with Crippen LogP contribution in [-0.2, 0) is 4.79 Å². The van der Waals surface area contributed by atoms with Gasteiger partial charge in [-0.05, 0) is 56.7 Å². The van der Waals surface area contributed by atoms with Gasteiger partial charge in [-0.2, -0.15) is 0 Å². The van der Waals surface area contributed by atoms with Crippen molar-refractivity contribution in [1.29, 1.82) is 0 Å². The van der Waals surface area contributed by atoms with Gasteiger partial charge in [-0.1, -0.05) is 11.6 Å². The predicted molar refractivity (Wildman–Crippen MR) is 87.5 cm³/mol. The number of carbonyl (C=O) groups excluding carboxylic acids is 1. The number of nitrogens with one attached hydrogen (secondary N) is 1. The van der Waals surface area contributed by atoms with Crippen molar-refractivity contribution in [3.8, 4) is 5.75 Å². The maximum Gasteiger partial charge on any atom is 0.263 e. The summed E-state index contributed by atoms with van der Waals surface area (Å²) in [6.45, 7) is 3.67. The van der Waals surface area contributed by atoms with Gasteiger partial charge in [0.2, 0.25) is 0 Å². The van der Waals surface area contributed by atoms with Crippen molar-refractivity contribution >= 4 is 17.5 Å². The Morgan fingerprint density at radius 2 is 2.04 bits per heavy atom. The minimum absolute atomic E-state index is 0.265. The molecule has 5 nitrogen and oxygen atoms in total. The number of amides is 1. The van der Waals surface area contributed by atoms with Crippen molar-refractivity contribution in [1.82, 2.24) is 5.32 Å². The Morgan fingerprint density at radius 1 is 1.35 bits per heavy atom. The molecule has 0 saturated carbocycles. The zero-order valence-electron chi connectivity index (χ0n) is 13.1. The van der Waals surface area contributed by atoms with Crippen LogP contribution in [0.5, 0.6) is 5.75 Å². The molecule has 23 heavy (non-hydrogen) atoms. The van der Waals surface area contributed by atoms with Crippen molar-refractivity contribution in [3.63, 3.8) is 0 Å². The lowest BCUT2D eigenvalue weighted by Crippen LogP contribution is -2.47. The summed E-state index contributed by atoms with van der Waals surface area (Å²) in [5.41, 5.74) is -1.04. The van der Waals surface area contributed by atoms with E-state index in [0.29, 0.717) is 29.5 Å². The topological polar surface area (TPSA) is 71.7 Å². The molecule has 2 aromatic rings. The third-order valence-corrected chi connectivity index (χ3v) is 3.56. The average molecular weight is 338 g/mol. The van der Waals surface area contributed by atoms with Crippen LogP contribution in [0.4, 0.5) is 0 Å². The third kappa shape index (κ3) is 5.01. The number of halogens is 1. The first-order valence-electron chi connectivity index (χ1n) is 7.33. The van der Waals surface area contributed by atoms with E-state index in [4.69, 9.17) is 20.8 Å². The zero-order chi connectivity index (χ0) is 16.9. The van der Waals surface area contributed by atoms with Gasteiger partial charge in [0.1, 0.15) is 17.6 Å². The Balaban J connectivity index is 1.82. The van der Waals surface area contributed by atoms with E-state index in [2.05, 4.69) is 5.32 Å². The van der Waals surface area contributed by atoms with E-state index in [1.165, 1.54) is 6.26 Å². The van der Waals surface area contributed by atoms with Gasteiger partial charge < -0.3 is 19.6 Å². The van der Waals surface area contributed by atoms with Crippen LogP contribution in [0.15, 0.2) is 47.1 Å². The summed E-state index contributed by atoms with van der Waals surface area (Å²) in [6, 6.07) is 10.2. The van der Waals surface area contributed by atoms with Gasteiger partial charge in [-0.3, -0.25) is 4.79 Å². The fraction of sp³-hybridized carbons (Fsp3) is 0.353. The molecule has 1 aromatic heterocycles. The van der Waals surface area contributed by atoms with Gasteiger partial charge in [0, 0.05) is 11.6 Å². The monoisotopic (exact) mass is 337 g/mol. The molecule has 2 rings (SSSR count). The molecule has 0 aliphatic rings. The molecular weight excluding hydrogens is 318 g/mol. The van der Waals surface area contributed by atoms with Crippen LogP contribution in [0, 0.1) is 0 Å². The van der Waals surface area contributed by atoms with Crippen molar-refractivity contribution < 1.29 is 19.1 Å². The number of carbonyl (C=O) groups is 1. The number of hydrogen-bond acceptors (Lipinski definition) is 4. The van der Waals surface area contributed by atoms with E-state index < -0.39 is 11.7 Å². The van der Waals surface area contributed by atoms with E-state index >= 15 is 0 Å². The van der Waals surface area contributed by atoms with Gasteiger partial charge >= 0.3 is 0 Å². The summed E-state index contributed by atoms with van der Waals surface area (Å²) in [5.74, 6) is 0.778. The summed E-state index contributed by atoms with van der Waals surface area (Å²) < 4.78 is 10.8. The van der Waals surface area contributed by atoms with Crippen LogP contribution < -0.4 is 10.1 Å². The molecule has 0 unspecified atom stereocenters.